The molecule has 0 saturated carbocycles. The lowest BCUT2D eigenvalue weighted by molar-refractivity contribution is -0.149. The summed E-state index contributed by atoms with van der Waals surface area (Å²) in [6, 6.07) is 5.23. The van der Waals surface area contributed by atoms with Crippen molar-refractivity contribution in [2.24, 2.45) is 11.1 Å². The highest BCUT2D eigenvalue weighted by molar-refractivity contribution is 5.98. The number of carboxylic acids is 1. The Hall–Kier alpha value is -2.04. The molecular weight excluding hydrogens is 256 g/mol. The van der Waals surface area contributed by atoms with Crippen molar-refractivity contribution in [3.8, 4) is 0 Å². The van der Waals surface area contributed by atoms with Crippen LogP contribution in [0.1, 0.15) is 43.6 Å². The molecule has 1 aromatic rings. The number of aryl methyl sites for hydroxylation is 1. The highest BCUT2D eigenvalue weighted by Gasteiger charge is 2.43. The summed E-state index contributed by atoms with van der Waals surface area (Å²) in [6.45, 7) is 8.75. The van der Waals surface area contributed by atoms with E-state index in [4.69, 9.17) is 5.73 Å². The second kappa shape index (κ2) is 5.15. The molecule has 1 rings (SSSR count). The monoisotopic (exact) mass is 278 g/mol. The zero-order valence-electron chi connectivity index (χ0n) is 12.6. The third-order valence-electron chi connectivity index (χ3n) is 3.98. The molecule has 0 aromatic heterocycles. The summed E-state index contributed by atoms with van der Waals surface area (Å²) in [5.41, 5.74) is 5.43. The van der Waals surface area contributed by atoms with E-state index < -0.39 is 22.8 Å². The normalized spacial score (nSPS) is 12.1. The number of carbonyl (C=O) groups is 2. The minimum atomic E-state index is -1.02. The van der Waals surface area contributed by atoms with Crippen LogP contribution in [-0.4, -0.2) is 22.5 Å². The number of benzene rings is 1. The lowest BCUT2D eigenvalue weighted by Crippen LogP contribution is -2.50. The maximum absolute atomic E-state index is 11.5. The number of primary amides is 1. The largest absolute Gasteiger partial charge is 0.481 e. The summed E-state index contributed by atoms with van der Waals surface area (Å²) < 4.78 is 0. The highest BCUT2D eigenvalue weighted by atomic mass is 16.4. The van der Waals surface area contributed by atoms with Crippen LogP contribution in [0.5, 0.6) is 0 Å². The number of amides is 1. The molecular formula is C15H22N2O3. The van der Waals surface area contributed by atoms with Crippen LogP contribution in [0.25, 0.3) is 0 Å². The van der Waals surface area contributed by atoms with Gasteiger partial charge in [-0.05, 0) is 52.3 Å². The molecule has 0 aliphatic carbocycles. The summed E-state index contributed by atoms with van der Waals surface area (Å²) in [7, 11) is 0. The van der Waals surface area contributed by atoms with E-state index >= 15 is 0 Å². The third-order valence-corrected chi connectivity index (χ3v) is 3.98. The number of rotatable bonds is 5. The molecule has 0 atom stereocenters. The van der Waals surface area contributed by atoms with Crippen molar-refractivity contribution >= 4 is 17.6 Å². The topological polar surface area (TPSA) is 92.4 Å². The van der Waals surface area contributed by atoms with E-state index in [2.05, 4.69) is 5.32 Å². The third kappa shape index (κ3) is 2.92. The number of hydrogen-bond donors (Lipinski definition) is 3. The molecule has 0 saturated heterocycles. The van der Waals surface area contributed by atoms with Gasteiger partial charge in [-0.15, -0.1) is 0 Å². The summed E-state index contributed by atoms with van der Waals surface area (Å²) >= 11 is 0. The van der Waals surface area contributed by atoms with Gasteiger partial charge in [0.15, 0.2) is 0 Å². The number of aliphatic carboxylic acids is 1. The fourth-order valence-corrected chi connectivity index (χ4v) is 1.74. The quantitative estimate of drug-likeness (QED) is 0.771. The predicted octanol–water partition coefficient (Wildman–Crippen LogP) is 2.40. The van der Waals surface area contributed by atoms with Crippen molar-refractivity contribution in [2.75, 3.05) is 5.32 Å². The molecule has 0 fully saturated rings. The summed E-state index contributed by atoms with van der Waals surface area (Å²) in [5.74, 6) is -1.46. The van der Waals surface area contributed by atoms with Gasteiger partial charge in [-0.2, -0.15) is 0 Å². The zero-order valence-corrected chi connectivity index (χ0v) is 12.6. The zero-order chi connectivity index (χ0) is 15.7. The maximum Gasteiger partial charge on any atom is 0.311 e. The molecule has 0 spiro atoms. The first kappa shape index (κ1) is 16.0. The lowest BCUT2D eigenvalue weighted by atomic mass is 9.74. The van der Waals surface area contributed by atoms with Crippen molar-refractivity contribution < 1.29 is 14.7 Å². The Kier molecular flexibility index (Phi) is 4.12. The minimum absolute atomic E-state index is 0.352. The predicted molar refractivity (Wildman–Crippen MR) is 78.8 cm³/mol. The summed E-state index contributed by atoms with van der Waals surface area (Å²) in [6.07, 6.45) is 0. The Morgan fingerprint density at radius 1 is 1.20 bits per heavy atom. The van der Waals surface area contributed by atoms with Crippen LogP contribution in [0.4, 0.5) is 5.69 Å². The van der Waals surface area contributed by atoms with Crippen molar-refractivity contribution in [3.63, 3.8) is 0 Å². The molecule has 0 bridgehead atoms. The maximum atomic E-state index is 11.5. The number of carboxylic acid groups (broad SMARTS) is 1. The lowest BCUT2D eigenvalue weighted by Gasteiger charge is -2.40. The van der Waals surface area contributed by atoms with Crippen LogP contribution in [0.3, 0.4) is 0 Å². The Morgan fingerprint density at radius 3 is 2.20 bits per heavy atom. The van der Waals surface area contributed by atoms with Gasteiger partial charge in [-0.25, -0.2) is 0 Å². The van der Waals surface area contributed by atoms with Crippen LogP contribution in [0.15, 0.2) is 18.2 Å². The molecule has 4 N–H and O–H groups in total. The fourth-order valence-electron chi connectivity index (χ4n) is 1.74. The van der Waals surface area contributed by atoms with E-state index in [1.807, 2.05) is 6.92 Å². The van der Waals surface area contributed by atoms with E-state index in [9.17, 15) is 14.7 Å². The Bertz CT molecular complexity index is 548. The van der Waals surface area contributed by atoms with Crippen LogP contribution in [-0.2, 0) is 4.79 Å². The number of hydrogen-bond acceptors (Lipinski definition) is 3. The smallest absolute Gasteiger partial charge is 0.311 e. The molecule has 0 aliphatic rings. The van der Waals surface area contributed by atoms with Gasteiger partial charge in [-0.1, -0.05) is 6.07 Å². The highest BCUT2D eigenvalue weighted by Crippen LogP contribution is 2.35. The fraction of sp³-hybridized carbons (Fsp3) is 0.467. The first-order chi connectivity index (χ1) is 8.99. The molecule has 5 nitrogen and oxygen atoms in total. The molecule has 0 radical (unpaired) electrons. The van der Waals surface area contributed by atoms with Crippen molar-refractivity contribution in [2.45, 2.75) is 40.2 Å². The summed E-state index contributed by atoms with van der Waals surface area (Å²) in [5, 5.41) is 12.5. The molecule has 0 unspecified atom stereocenters. The first-order valence-electron chi connectivity index (χ1n) is 6.41. The molecule has 0 aliphatic heterocycles. The second-order valence-corrected chi connectivity index (χ2v) is 6.09. The number of carbonyl (C=O) groups excluding carboxylic acids is 1. The van der Waals surface area contributed by atoms with Gasteiger partial charge in [0.25, 0.3) is 5.91 Å². The standard InChI is InChI=1S/C15H22N2O3/c1-9-6-7-10(12(16)18)11(8-9)17-15(4,5)14(2,3)13(19)20/h6-8,17H,1-5H3,(H2,16,18)(H,19,20). The molecule has 1 aromatic carbocycles. The average molecular weight is 278 g/mol. The van der Waals surface area contributed by atoms with Gasteiger partial charge >= 0.3 is 5.97 Å². The molecule has 110 valence electrons. The van der Waals surface area contributed by atoms with Crippen molar-refractivity contribution in [1.82, 2.24) is 0 Å². The van der Waals surface area contributed by atoms with Gasteiger partial charge in [0.1, 0.15) is 0 Å². The first-order valence-corrected chi connectivity index (χ1v) is 6.41. The van der Waals surface area contributed by atoms with E-state index in [0.29, 0.717) is 11.3 Å². The number of nitrogens with two attached hydrogens (primary N) is 1. The molecule has 0 heterocycles. The summed E-state index contributed by atoms with van der Waals surface area (Å²) in [4.78, 5) is 22.9. The van der Waals surface area contributed by atoms with Gasteiger partial charge in [0.05, 0.1) is 11.0 Å². The van der Waals surface area contributed by atoms with Crippen molar-refractivity contribution in [1.29, 1.82) is 0 Å². The number of nitrogens with one attached hydrogen (secondary N) is 1. The molecule has 1 amide bonds. The van der Waals surface area contributed by atoms with Crippen LogP contribution >= 0.6 is 0 Å². The van der Waals surface area contributed by atoms with Gasteiger partial charge in [-0.3, -0.25) is 9.59 Å². The van der Waals surface area contributed by atoms with Gasteiger partial charge in [0.2, 0.25) is 0 Å². The minimum Gasteiger partial charge on any atom is -0.481 e. The molecule has 5 heteroatoms. The molecule has 20 heavy (non-hydrogen) atoms. The van der Waals surface area contributed by atoms with E-state index in [0.717, 1.165) is 5.56 Å². The SMILES string of the molecule is Cc1ccc(C(N)=O)c(NC(C)(C)C(C)(C)C(=O)O)c1. The van der Waals surface area contributed by atoms with E-state index in [1.54, 1.807) is 45.9 Å². The van der Waals surface area contributed by atoms with E-state index in [1.165, 1.54) is 0 Å². The van der Waals surface area contributed by atoms with E-state index in [-0.39, 0.29) is 0 Å². The Balaban J connectivity index is 3.25. The van der Waals surface area contributed by atoms with Crippen LogP contribution < -0.4 is 11.1 Å². The van der Waals surface area contributed by atoms with Gasteiger partial charge in [0, 0.05) is 11.2 Å². The van der Waals surface area contributed by atoms with Crippen LogP contribution in [0.2, 0.25) is 0 Å². The Morgan fingerprint density at radius 2 is 1.75 bits per heavy atom. The Labute approximate surface area is 119 Å². The average Bonchev–Trinajstić information content (AvgIpc) is 2.27. The van der Waals surface area contributed by atoms with Gasteiger partial charge < -0.3 is 16.2 Å². The van der Waals surface area contributed by atoms with Crippen LogP contribution in [0, 0.1) is 12.3 Å². The number of anilines is 1. The second-order valence-electron chi connectivity index (χ2n) is 6.09. The van der Waals surface area contributed by atoms with Crippen molar-refractivity contribution in [3.05, 3.63) is 29.3 Å².